The molecule has 1 N–H and O–H groups in total. The van der Waals surface area contributed by atoms with Crippen molar-refractivity contribution in [2.75, 3.05) is 32.1 Å². The van der Waals surface area contributed by atoms with Gasteiger partial charge in [-0.15, -0.1) is 0 Å². The van der Waals surface area contributed by atoms with Crippen molar-refractivity contribution in [1.29, 1.82) is 0 Å². The van der Waals surface area contributed by atoms with Gasteiger partial charge in [-0.3, -0.25) is 4.90 Å². The highest BCUT2D eigenvalue weighted by atomic mass is 32.2. The van der Waals surface area contributed by atoms with Crippen molar-refractivity contribution < 1.29 is 8.42 Å². The van der Waals surface area contributed by atoms with Crippen LogP contribution in [-0.2, 0) is 23.0 Å². The summed E-state index contributed by atoms with van der Waals surface area (Å²) in [5, 5.41) is 0. The fourth-order valence-electron chi connectivity index (χ4n) is 4.73. The number of benzene rings is 3. The van der Waals surface area contributed by atoms with Gasteiger partial charge in [-0.1, -0.05) is 42.5 Å². The maximum Gasteiger partial charge on any atom is 0.240 e. The summed E-state index contributed by atoms with van der Waals surface area (Å²) in [5.41, 5.74) is 7.79. The van der Waals surface area contributed by atoms with Crippen LogP contribution in [0.15, 0.2) is 65.6 Å². The SMILES string of the molecule is Cc1cc(C)c(S(=O)(=O)NCC(c2ccc(N(C)C)cc2)N2CCc3ccccc3C2)cc1C. The van der Waals surface area contributed by atoms with E-state index >= 15 is 0 Å². The number of anilines is 1. The fourth-order valence-corrected chi connectivity index (χ4v) is 6.07. The minimum absolute atomic E-state index is 0.0637. The molecule has 0 fully saturated rings. The highest BCUT2D eigenvalue weighted by Gasteiger charge is 2.27. The molecule has 34 heavy (non-hydrogen) atoms. The van der Waals surface area contributed by atoms with Crippen molar-refractivity contribution in [2.24, 2.45) is 0 Å². The lowest BCUT2D eigenvalue weighted by Gasteiger charge is -2.36. The Kier molecular flexibility index (Phi) is 7.12. The lowest BCUT2D eigenvalue weighted by molar-refractivity contribution is 0.180. The van der Waals surface area contributed by atoms with Crippen molar-refractivity contribution in [3.05, 3.63) is 94.0 Å². The van der Waals surface area contributed by atoms with Crippen LogP contribution in [0.4, 0.5) is 5.69 Å². The summed E-state index contributed by atoms with van der Waals surface area (Å²) in [6, 6.07) is 20.6. The number of nitrogens with one attached hydrogen (secondary N) is 1. The third-order valence-corrected chi connectivity index (χ3v) is 8.51. The summed E-state index contributed by atoms with van der Waals surface area (Å²) in [7, 11) is 0.405. The van der Waals surface area contributed by atoms with Crippen molar-refractivity contribution >= 4 is 15.7 Å². The Balaban J connectivity index is 1.63. The molecule has 1 aliphatic rings. The Labute approximate surface area is 204 Å². The summed E-state index contributed by atoms with van der Waals surface area (Å²) >= 11 is 0. The number of sulfonamides is 1. The van der Waals surface area contributed by atoms with Crippen LogP contribution in [0.2, 0.25) is 0 Å². The quantitative estimate of drug-likeness (QED) is 0.533. The second-order valence-corrected chi connectivity index (χ2v) is 11.3. The Morgan fingerprint density at radius 2 is 1.56 bits per heavy atom. The molecular weight excluding hydrogens is 442 g/mol. The maximum atomic E-state index is 13.3. The lowest BCUT2D eigenvalue weighted by Crippen LogP contribution is -2.40. The molecule has 0 spiro atoms. The van der Waals surface area contributed by atoms with Crippen LogP contribution in [0.5, 0.6) is 0 Å². The third kappa shape index (κ3) is 5.19. The predicted octanol–water partition coefficient (Wildman–Crippen LogP) is 4.76. The number of hydrogen-bond acceptors (Lipinski definition) is 4. The Hall–Kier alpha value is -2.67. The topological polar surface area (TPSA) is 52.7 Å². The summed E-state index contributed by atoms with van der Waals surface area (Å²) in [6.45, 7) is 7.84. The summed E-state index contributed by atoms with van der Waals surface area (Å²) in [4.78, 5) is 4.82. The van der Waals surface area contributed by atoms with Crippen molar-refractivity contribution in [3.63, 3.8) is 0 Å². The third-order valence-electron chi connectivity index (χ3n) is 6.94. The van der Waals surface area contributed by atoms with Gasteiger partial charge in [-0.25, -0.2) is 13.1 Å². The average Bonchev–Trinajstić information content (AvgIpc) is 2.81. The molecule has 1 heterocycles. The van der Waals surface area contributed by atoms with Crippen LogP contribution >= 0.6 is 0 Å². The molecular formula is C28H35N3O2S. The zero-order valence-corrected chi connectivity index (χ0v) is 21.6. The van der Waals surface area contributed by atoms with Crippen molar-refractivity contribution in [3.8, 4) is 0 Å². The van der Waals surface area contributed by atoms with Crippen LogP contribution in [0, 0.1) is 20.8 Å². The first-order valence-electron chi connectivity index (χ1n) is 11.8. The molecule has 0 radical (unpaired) electrons. The Morgan fingerprint density at radius 3 is 2.24 bits per heavy atom. The Morgan fingerprint density at radius 1 is 0.912 bits per heavy atom. The molecule has 0 aromatic heterocycles. The molecule has 0 aliphatic carbocycles. The first-order chi connectivity index (χ1) is 16.2. The zero-order valence-electron chi connectivity index (χ0n) is 20.8. The molecule has 6 heteroatoms. The van der Waals surface area contributed by atoms with Gasteiger partial charge >= 0.3 is 0 Å². The van der Waals surface area contributed by atoms with Gasteiger partial charge in [-0.05, 0) is 78.8 Å². The number of rotatable bonds is 7. The van der Waals surface area contributed by atoms with E-state index in [1.54, 1.807) is 6.07 Å². The van der Waals surface area contributed by atoms with E-state index < -0.39 is 10.0 Å². The minimum atomic E-state index is -3.64. The lowest BCUT2D eigenvalue weighted by atomic mass is 9.96. The van der Waals surface area contributed by atoms with Gasteiger partial charge in [0.1, 0.15) is 0 Å². The van der Waals surface area contributed by atoms with E-state index in [4.69, 9.17) is 0 Å². The van der Waals surface area contributed by atoms with Gasteiger partial charge in [0, 0.05) is 45.5 Å². The number of fused-ring (bicyclic) bond motifs is 1. The predicted molar refractivity (Wildman–Crippen MR) is 140 cm³/mol. The summed E-state index contributed by atoms with van der Waals surface area (Å²) in [5.74, 6) is 0. The van der Waals surface area contributed by atoms with Crippen LogP contribution in [0.1, 0.15) is 39.4 Å². The molecule has 3 aromatic rings. The van der Waals surface area contributed by atoms with Gasteiger partial charge in [0.2, 0.25) is 10.0 Å². The van der Waals surface area contributed by atoms with Crippen LogP contribution in [0.25, 0.3) is 0 Å². The van der Waals surface area contributed by atoms with Crippen LogP contribution < -0.4 is 9.62 Å². The number of nitrogens with zero attached hydrogens (tertiary/aromatic N) is 2. The van der Waals surface area contributed by atoms with E-state index in [2.05, 4.69) is 63.1 Å². The molecule has 5 nitrogen and oxygen atoms in total. The fraction of sp³-hybridized carbons (Fsp3) is 0.357. The van der Waals surface area contributed by atoms with Gasteiger partial charge < -0.3 is 4.90 Å². The van der Waals surface area contributed by atoms with Crippen LogP contribution in [0.3, 0.4) is 0 Å². The molecule has 0 amide bonds. The maximum absolute atomic E-state index is 13.3. The molecule has 180 valence electrons. The van der Waals surface area contributed by atoms with E-state index in [9.17, 15) is 8.42 Å². The standard InChI is InChI=1S/C28H35N3O2S/c1-20-16-22(3)28(17-21(20)2)34(32,33)29-18-27(24-10-12-26(13-11-24)30(4)5)31-15-14-23-8-6-7-9-25(23)19-31/h6-13,16-17,27,29H,14-15,18-19H2,1-5H3. The van der Waals surface area contributed by atoms with E-state index in [-0.39, 0.29) is 6.04 Å². The van der Waals surface area contributed by atoms with Gasteiger partial charge in [-0.2, -0.15) is 0 Å². The smallest absolute Gasteiger partial charge is 0.240 e. The number of aryl methyl sites for hydroxylation is 3. The molecule has 3 aromatic carbocycles. The minimum Gasteiger partial charge on any atom is -0.378 e. The second kappa shape index (κ2) is 9.90. The molecule has 0 saturated heterocycles. The molecule has 1 unspecified atom stereocenters. The largest absolute Gasteiger partial charge is 0.378 e. The van der Waals surface area contributed by atoms with E-state index in [1.807, 2.05) is 40.9 Å². The highest BCUT2D eigenvalue weighted by molar-refractivity contribution is 7.89. The second-order valence-electron chi connectivity index (χ2n) is 9.54. The van der Waals surface area contributed by atoms with Gasteiger partial charge in [0.05, 0.1) is 4.90 Å². The first kappa shape index (κ1) is 24.5. The van der Waals surface area contributed by atoms with Crippen molar-refractivity contribution in [1.82, 2.24) is 9.62 Å². The Bertz CT molecular complexity index is 1270. The summed E-state index contributed by atoms with van der Waals surface area (Å²) < 4.78 is 29.6. The molecule has 4 rings (SSSR count). The monoisotopic (exact) mass is 477 g/mol. The molecule has 1 atom stereocenters. The molecule has 0 bridgehead atoms. The van der Waals surface area contributed by atoms with Crippen LogP contribution in [-0.4, -0.2) is 40.5 Å². The van der Waals surface area contributed by atoms with Gasteiger partial charge in [0.15, 0.2) is 0 Å². The van der Waals surface area contributed by atoms with E-state index in [0.717, 1.165) is 47.5 Å². The first-order valence-corrected chi connectivity index (χ1v) is 13.3. The molecule has 0 saturated carbocycles. The van der Waals surface area contributed by atoms with Gasteiger partial charge in [0.25, 0.3) is 0 Å². The highest BCUT2D eigenvalue weighted by Crippen LogP contribution is 2.29. The van der Waals surface area contributed by atoms with E-state index in [1.165, 1.54) is 11.1 Å². The summed E-state index contributed by atoms with van der Waals surface area (Å²) in [6.07, 6.45) is 0.964. The average molecular weight is 478 g/mol. The van der Waals surface area contributed by atoms with E-state index in [0.29, 0.717) is 11.4 Å². The van der Waals surface area contributed by atoms with Crippen molar-refractivity contribution in [2.45, 2.75) is 44.7 Å². The number of hydrogen-bond donors (Lipinski definition) is 1. The normalized spacial score (nSPS) is 15.1. The molecule has 1 aliphatic heterocycles. The zero-order chi connectivity index (χ0) is 24.5.